The summed E-state index contributed by atoms with van der Waals surface area (Å²) in [6.07, 6.45) is 0. The Morgan fingerprint density at radius 1 is 1.12 bits per heavy atom. The first kappa shape index (κ1) is 19.2. The summed E-state index contributed by atoms with van der Waals surface area (Å²) in [5.74, 6) is 0.295. The number of sulfone groups is 1. The summed E-state index contributed by atoms with van der Waals surface area (Å²) in [6.45, 7) is 8.40. The number of anilines is 1. The summed E-state index contributed by atoms with van der Waals surface area (Å²) in [6, 6.07) is 6.17. The topological polar surface area (TPSA) is 77.6 Å². The van der Waals surface area contributed by atoms with Crippen LogP contribution in [0.15, 0.2) is 34.1 Å². The van der Waals surface area contributed by atoms with Crippen molar-refractivity contribution in [1.82, 2.24) is 9.47 Å². The number of hydrogen-bond donors (Lipinski definition) is 1. The molecule has 1 saturated heterocycles. The normalized spacial score (nSPS) is 16.1. The van der Waals surface area contributed by atoms with E-state index in [0.717, 1.165) is 38.5 Å². The minimum atomic E-state index is -3.70. The van der Waals surface area contributed by atoms with Gasteiger partial charge in [0.2, 0.25) is 9.84 Å². The Labute approximate surface area is 159 Å². The molecule has 1 aromatic carbocycles. The van der Waals surface area contributed by atoms with E-state index in [4.69, 9.17) is 22.1 Å². The van der Waals surface area contributed by atoms with Crippen LogP contribution in [0, 0.1) is 13.8 Å². The third-order valence-electron chi connectivity index (χ3n) is 4.95. The number of morpholine rings is 1. The number of nitrogens with zero attached hydrogens (tertiary/aromatic N) is 2. The fraction of sp³-hybridized carbons (Fsp3) is 0.444. The molecule has 0 unspecified atom stereocenters. The molecule has 26 heavy (non-hydrogen) atoms. The predicted octanol–water partition coefficient (Wildman–Crippen LogP) is 2.51. The van der Waals surface area contributed by atoms with Crippen molar-refractivity contribution in [2.75, 3.05) is 38.6 Å². The van der Waals surface area contributed by atoms with Crippen LogP contribution in [0.1, 0.15) is 11.3 Å². The molecule has 1 fully saturated rings. The molecule has 0 spiro atoms. The Kier molecular flexibility index (Phi) is 5.62. The SMILES string of the molecule is Cc1c(S(=O)(=O)c2ccc(Cl)cc2)c(N)n(CCN2CCOCC2)c1C. The molecule has 142 valence electrons. The van der Waals surface area contributed by atoms with Gasteiger partial charge in [0.15, 0.2) is 0 Å². The van der Waals surface area contributed by atoms with Gasteiger partial charge in [-0.15, -0.1) is 0 Å². The number of ether oxygens (including phenoxy) is 1. The molecule has 2 heterocycles. The standard InChI is InChI=1S/C18H24ClN3O3S/c1-13-14(2)22(8-7-21-9-11-25-12-10-21)18(20)17(13)26(23,24)16-5-3-15(19)4-6-16/h3-6H,7-12,20H2,1-2H3. The lowest BCUT2D eigenvalue weighted by Crippen LogP contribution is -2.38. The number of halogens is 1. The smallest absolute Gasteiger partial charge is 0.210 e. The van der Waals surface area contributed by atoms with Crippen LogP contribution >= 0.6 is 11.6 Å². The van der Waals surface area contributed by atoms with Crippen molar-refractivity contribution in [1.29, 1.82) is 0 Å². The van der Waals surface area contributed by atoms with Crippen LogP contribution in [0.3, 0.4) is 0 Å². The molecule has 8 heteroatoms. The first-order valence-corrected chi connectivity index (χ1v) is 10.4. The van der Waals surface area contributed by atoms with Gasteiger partial charge in [0, 0.05) is 36.9 Å². The summed E-state index contributed by atoms with van der Waals surface area (Å²) >= 11 is 5.88. The van der Waals surface area contributed by atoms with Gasteiger partial charge in [-0.1, -0.05) is 11.6 Å². The maximum atomic E-state index is 13.1. The van der Waals surface area contributed by atoms with Crippen molar-refractivity contribution < 1.29 is 13.2 Å². The number of benzene rings is 1. The Bertz CT molecular complexity index is 885. The van der Waals surface area contributed by atoms with E-state index in [2.05, 4.69) is 4.90 Å². The molecule has 3 rings (SSSR count). The predicted molar refractivity (Wildman–Crippen MR) is 102 cm³/mol. The lowest BCUT2D eigenvalue weighted by atomic mass is 10.3. The van der Waals surface area contributed by atoms with Crippen LogP contribution in [0.2, 0.25) is 5.02 Å². The van der Waals surface area contributed by atoms with Crippen molar-refractivity contribution in [3.63, 3.8) is 0 Å². The van der Waals surface area contributed by atoms with Gasteiger partial charge in [0.1, 0.15) is 10.7 Å². The lowest BCUT2D eigenvalue weighted by molar-refractivity contribution is 0.0364. The molecule has 0 atom stereocenters. The Balaban J connectivity index is 1.92. The Morgan fingerprint density at radius 3 is 2.35 bits per heavy atom. The zero-order chi connectivity index (χ0) is 18.9. The van der Waals surface area contributed by atoms with Gasteiger partial charge in [-0.2, -0.15) is 0 Å². The highest BCUT2D eigenvalue weighted by Crippen LogP contribution is 2.33. The van der Waals surface area contributed by atoms with Crippen LogP contribution in [0.5, 0.6) is 0 Å². The van der Waals surface area contributed by atoms with Gasteiger partial charge in [-0.25, -0.2) is 8.42 Å². The van der Waals surface area contributed by atoms with E-state index in [-0.39, 0.29) is 9.79 Å². The molecule has 2 aromatic rings. The average Bonchev–Trinajstić information content (AvgIpc) is 2.84. The van der Waals surface area contributed by atoms with Crippen molar-refractivity contribution in [2.24, 2.45) is 0 Å². The van der Waals surface area contributed by atoms with Gasteiger partial charge in [-0.05, 0) is 43.7 Å². The van der Waals surface area contributed by atoms with Gasteiger partial charge in [0.05, 0.1) is 18.1 Å². The van der Waals surface area contributed by atoms with Crippen LogP contribution in [0.4, 0.5) is 5.82 Å². The van der Waals surface area contributed by atoms with E-state index in [1.807, 2.05) is 11.5 Å². The number of aromatic nitrogens is 1. The highest BCUT2D eigenvalue weighted by atomic mass is 35.5. The van der Waals surface area contributed by atoms with E-state index in [0.29, 0.717) is 22.9 Å². The summed E-state index contributed by atoms with van der Waals surface area (Å²) < 4.78 is 33.4. The van der Waals surface area contributed by atoms with Crippen LogP contribution in [0.25, 0.3) is 0 Å². The molecule has 6 nitrogen and oxygen atoms in total. The Hall–Kier alpha value is -1.54. The first-order chi connectivity index (χ1) is 12.3. The second-order valence-corrected chi connectivity index (χ2v) is 8.81. The molecular weight excluding hydrogens is 374 g/mol. The second-order valence-electron chi connectivity index (χ2n) is 6.49. The molecule has 1 aliphatic heterocycles. The van der Waals surface area contributed by atoms with Gasteiger partial charge in [-0.3, -0.25) is 4.90 Å². The molecule has 0 bridgehead atoms. The second kappa shape index (κ2) is 7.60. The van der Waals surface area contributed by atoms with Gasteiger partial charge in [0.25, 0.3) is 0 Å². The van der Waals surface area contributed by atoms with Crippen molar-refractivity contribution in [3.8, 4) is 0 Å². The molecule has 1 aromatic heterocycles. The average molecular weight is 398 g/mol. The third-order valence-corrected chi connectivity index (χ3v) is 7.15. The summed E-state index contributed by atoms with van der Waals surface area (Å²) in [5, 5.41) is 0.493. The minimum absolute atomic E-state index is 0.194. The largest absolute Gasteiger partial charge is 0.384 e. The highest BCUT2D eigenvalue weighted by molar-refractivity contribution is 7.91. The quantitative estimate of drug-likeness (QED) is 0.838. The van der Waals surface area contributed by atoms with Gasteiger partial charge >= 0.3 is 0 Å². The van der Waals surface area contributed by atoms with Crippen LogP contribution < -0.4 is 5.73 Å². The molecule has 0 aliphatic carbocycles. The molecule has 0 radical (unpaired) electrons. The lowest BCUT2D eigenvalue weighted by Gasteiger charge is -2.27. The molecule has 1 aliphatic rings. The van der Waals surface area contributed by atoms with Crippen molar-refractivity contribution in [3.05, 3.63) is 40.5 Å². The van der Waals surface area contributed by atoms with E-state index in [1.54, 1.807) is 19.1 Å². The monoisotopic (exact) mass is 397 g/mol. The number of nitrogen functional groups attached to an aromatic ring is 1. The van der Waals surface area contributed by atoms with E-state index < -0.39 is 9.84 Å². The van der Waals surface area contributed by atoms with Gasteiger partial charge < -0.3 is 15.0 Å². The van der Waals surface area contributed by atoms with E-state index >= 15 is 0 Å². The van der Waals surface area contributed by atoms with Crippen LogP contribution in [-0.2, 0) is 21.1 Å². The van der Waals surface area contributed by atoms with Crippen LogP contribution in [-0.4, -0.2) is 50.7 Å². The van der Waals surface area contributed by atoms with Crippen molar-refractivity contribution >= 4 is 27.3 Å². The highest BCUT2D eigenvalue weighted by Gasteiger charge is 2.28. The number of hydrogen-bond acceptors (Lipinski definition) is 5. The fourth-order valence-corrected chi connectivity index (χ4v) is 5.08. The molecule has 0 saturated carbocycles. The molecule has 0 amide bonds. The first-order valence-electron chi connectivity index (χ1n) is 8.58. The maximum absolute atomic E-state index is 13.1. The van der Waals surface area contributed by atoms with E-state index in [9.17, 15) is 8.42 Å². The summed E-state index contributed by atoms with van der Waals surface area (Å²) in [7, 11) is -3.70. The van der Waals surface area contributed by atoms with E-state index in [1.165, 1.54) is 12.1 Å². The number of rotatable bonds is 5. The molecular formula is C18H24ClN3O3S. The fourth-order valence-electron chi connectivity index (χ4n) is 3.29. The zero-order valence-corrected chi connectivity index (χ0v) is 16.6. The summed E-state index contributed by atoms with van der Waals surface area (Å²) in [4.78, 5) is 2.69. The van der Waals surface area contributed by atoms with Crippen molar-refractivity contribution in [2.45, 2.75) is 30.2 Å². The summed E-state index contributed by atoms with van der Waals surface area (Å²) in [5.41, 5.74) is 7.86. The maximum Gasteiger partial charge on any atom is 0.210 e. The zero-order valence-electron chi connectivity index (χ0n) is 15.0. The minimum Gasteiger partial charge on any atom is -0.384 e. The Morgan fingerprint density at radius 2 is 1.73 bits per heavy atom. The number of nitrogens with two attached hydrogens (primary N) is 1. The molecule has 2 N–H and O–H groups in total. The third kappa shape index (κ3) is 3.62.